The first-order valence-corrected chi connectivity index (χ1v) is 4.98. The molecule has 0 heterocycles. The maximum atomic E-state index is 11.1. The van der Waals surface area contributed by atoms with Gasteiger partial charge in [0.15, 0.2) is 0 Å². The molecule has 0 radical (unpaired) electrons. The van der Waals surface area contributed by atoms with E-state index in [-0.39, 0.29) is 5.97 Å². The van der Waals surface area contributed by atoms with E-state index in [1.54, 1.807) is 12.1 Å². The zero-order chi connectivity index (χ0) is 9.68. The molecular formula is C10H11BrO2. The van der Waals surface area contributed by atoms with Crippen LogP contribution in [0.3, 0.4) is 0 Å². The number of esters is 1. The second-order valence-corrected chi connectivity index (χ2v) is 3.59. The van der Waals surface area contributed by atoms with Crippen LogP contribution in [-0.2, 0) is 4.79 Å². The minimum atomic E-state index is -0.176. The van der Waals surface area contributed by atoms with Gasteiger partial charge in [0.25, 0.3) is 0 Å². The highest BCUT2D eigenvalue weighted by molar-refractivity contribution is 9.10. The van der Waals surface area contributed by atoms with Crippen LogP contribution in [0.2, 0.25) is 0 Å². The van der Waals surface area contributed by atoms with Gasteiger partial charge in [-0.3, -0.25) is 4.79 Å². The monoisotopic (exact) mass is 242 g/mol. The molecule has 0 saturated heterocycles. The van der Waals surface area contributed by atoms with E-state index in [9.17, 15) is 4.79 Å². The number of halogens is 1. The van der Waals surface area contributed by atoms with Gasteiger partial charge in [0, 0.05) is 10.9 Å². The zero-order valence-corrected chi connectivity index (χ0v) is 9.00. The van der Waals surface area contributed by atoms with E-state index in [1.807, 2.05) is 19.1 Å². The molecule has 0 fully saturated rings. The molecule has 13 heavy (non-hydrogen) atoms. The Morgan fingerprint density at radius 1 is 1.38 bits per heavy atom. The summed E-state index contributed by atoms with van der Waals surface area (Å²) < 4.78 is 6.02. The molecule has 3 heteroatoms. The van der Waals surface area contributed by atoms with Gasteiger partial charge in [-0.2, -0.15) is 0 Å². The topological polar surface area (TPSA) is 26.3 Å². The summed E-state index contributed by atoms with van der Waals surface area (Å²) in [6, 6.07) is 7.21. The molecule has 0 aliphatic heterocycles. The molecule has 0 N–H and O–H groups in total. The van der Waals surface area contributed by atoms with Crippen molar-refractivity contribution in [3.05, 3.63) is 28.7 Å². The molecule has 0 atom stereocenters. The lowest BCUT2D eigenvalue weighted by Gasteiger charge is -2.02. The standard InChI is InChI=1S/C10H11BrO2/c1-2-3-10(12)13-9-6-4-8(11)5-7-9/h4-7H,2-3H2,1H3. The van der Waals surface area contributed by atoms with E-state index in [4.69, 9.17) is 4.74 Å². The maximum Gasteiger partial charge on any atom is 0.311 e. The third-order valence-electron chi connectivity index (χ3n) is 1.50. The highest BCUT2D eigenvalue weighted by Crippen LogP contribution is 2.16. The molecule has 2 nitrogen and oxygen atoms in total. The number of hydrogen-bond acceptors (Lipinski definition) is 2. The van der Waals surface area contributed by atoms with Gasteiger partial charge in [-0.25, -0.2) is 0 Å². The second kappa shape index (κ2) is 5.02. The highest BCUT2D eigenvalue weighted by Gasteiger charge is 2.01. The van der Waals surface area contributed by atoms with Crippen molar-refractivity contribution in [1.82, 2.24) is 0 Å². The average Bonchev–Trinajstić information content (AvgIpc) is 2.09. The number of hydrogen-bond donors (Lipinski definition) is 0. The summed E-state index contributed by atoms with van der Waals surface area (Å²) in [5, 5.41) is 0. The lowest BCUT2D eigenvalue weighted by molar-refractivity contribution is -0.134. The Kier molecular flexibility index (Phi) is 3.96. The van der Waals surface area contributed by atoms with Crippen molar-refractivity contribution < 1.29 is 9.53 Å². The van der Waals surface area contributed by atoms with Gasteiger partial charge >= 0.3 is 5.97 Å². The van der Waals surface area contributed by atoms with Gasteiger partial charge in [0.1, 0.15) is 5.75 Å². The van der Waals surface area contributed by atoms with Crippen LogP contribution in [0, 0.1) is 0 Å². The van der Waals surface area contributed by atoms with Crippen LogP contribution in [0.25, 0.3) is 0 Å². The van der Waals surface area contributed by atoms with E-state index >= 15 is 0 Å². The van der Waals surface area contributed by atoms with Gasteiger partial charge in [-0.05, 0) is 30.7 Å². The molecule has 0 aliphatic carbocycles. The first kappa shape index (κ1) is 10.3. The molecule has 0 saturated carbocycles. The Morgan fingerprint density at radius 2 is 2.00 bits per heavy atom. The Labute approximate surface area is 86.0 Å². The van der Waals surface area contributed by atoms with Gasteiger partial charge in [0.2, 0.25) is 0 Å². The summed E-state index contributed by atoms with van der Waals surface area (Å²) in [5.74, 6) is 0.423. The number of ether oxygens (including phenoxy) is 1. The summed E-state index contributed by atoms with van der Waals surface area (Å²) in [7, 11) is 0. The number of rotatable bonds is 3. The molecule has 70 valence electrons. The van der Waals surface area contributed by atoms with Crippen molar-refractivity contribution in [2.45, 2.75) is 19.8 Å². The Morgan fingerprint density at radius 3 is 2.54 bits per heavy atom. The molecule has 0 aromatic heterocycles. The minimum absolute atomic E-state index is 0.176. The quantitative estimate of drug-likeness (QED) is 0.602. The summed E-state index contributed by atoms with van der Waals surface area (Å²) >= 11 is 3.30. The summed E-state index contributed by atoms with van der Waals surface area (Å²) in [5.41, 5.74) is 0. The third kappa shape index (κ3) is 3.59. The average molecular weight is 243 g/mol. The molecule has 0 unspecified atom stereocenters. The Bertz CT molecular complexity index is 279. The fourth-order valence-corrected chi connectivity index (χ4v) is 1.15. The van der Waals surface area contributed by atoms with Crippen LogP contribution in [0.1, 0.15) is 19.8 Å². The second-order valence-electron chi connectivity index (χ2n) is 2.68. The van der Waals surface area contributed by atoms with E-state index in [1.165, 1.54) is 0 Å². The van der Waals surface area contributed by atoms with Crippen LogP contribution < -0.4 is 4.74 Å². The van der Waals surface area contributed by atoms with Crippen LogP contribution in [0.4, 0.5) is 0 Å². The molecule has 0 aliphatic rings. The molecule has 1 rings (SSSR count). The summed E-state index contributed by atoms with van der Waals surface area (Å²) in [4.78, 5) is 11.1. The fourth-order valence-electron chi connectivity index (χ4n) is 0.889. The lowest BCUT2D eigenvalue weighted by atomic mass is 10.3. The Balaban J connectivity index is 2.54. The molecular weight excluding hydrogens is 232 g/mol. The fraction of sp³-hybridized carbons (Fsp3) is 0.300. The van der Waals surface area contributed by atoms with E-state index < -0.39 is 0 Å². The van der Waals surface area contributed by atoms with Crippen LogP contribution in [0.15, 0.2) is 28.7 Å². The Hall–Kier alpha value is -0.830. The normalized spacial score (nSPS) is 9.69. The molecule has 1 aromatic rings. The van der Waals surface area contributed by atoms with E-state index in [2.05, 4.69) is 15.9 Å². The van der Waals surface area contributed by atoms with Crippen LogP contribution in [0.5, 0.6) is 5.75 Å². The highest BCUT2D eigenvalue weighted by atomic mass is 79.9. The van der Waals surface area contributed by atoms with Crippen molar-refractivity contribution in [3.8, 4) is 5.75 Å². The zero-order valence-electron chi connectivity index (χ0n) is 7.42. The molecule has 0 bridgehead atoms. The predicted molar refractivity (Wildman–Crippen MR) is 54.7 cm³/mol. The van der Waals surface area contributed by atoms with Crippen LogP contribution >= 0.6 is 15.9 Å². The van der Waals surface area contributed by atoms with Crippen molar-refractivity contribution in [2.75, 3.05) is 0 Å². The van der Waals surface area contributed by atoms with Crippen LogP contribution in [-0.4, -0.2) is 5.97 Å². The van der Waals surface area contributed by atoms with Gasteiger partial charge in [-0.15, -0.1) is 0 Å². The largest absolute Gasteiger partial charge is 0.427 e. The number of carbonyl (C=O) groups is 1. The first-order valence-electron chi connectivity index (χ1n) is 4.18. The SMILES string of the molecule is CCCC(=O)Oc1ccc(Br)cc1. The van der Waals surface area contributed by atoms with Crippen molar-refractivity contribution in [3.63, 3.8) is 0 Å². The maximum absolute atomic E-state index is 11.1. The molecule has 0 spiro atoms. The molecule has 0 amide bonds. The van der Waals surface area contributed by atoms with Gasteiger partial charge < -0.3 is 4.74 Å². The summed E-state index contributed by atoms with van der Waals surface area (Å²) in [6.07, 6.45) is 1.28. The smallest absolute Gasteiger partial charge is 0.311 e. The van der Waals surface area contributed by atoms with Gasteiger partial charge in [0.05, 0.1) is 0 Å². The van der Waals surface area contributed by atoms with Crippen molar-refractivity contribution >= 4 is 21.9 Å². The number of benzene rings is 1. The van der Waals surface area contributed by atoms with E-state index in [0.29, 0.717) is 12.2 Å². The van der Waals surface area contributed by atoms with E-state index in [0.717, 1.165) is 10.9 Å². The molecule has 1 aromatic carbocycles. The lowest BCUT2D eigenvalue weighted by Crippen LogP contribution is -2.06. The third-order valence-corrected chi connectivity index (χ3v) is 2.03. The summed E-state index contributed by atoms with van der Waals surface area (Å²) in [6.45, 7) is 1.95. The predicted octanol–water partition coefficient (Wildman–Crippen LogP) is 3.15. The van der Waals surface area contributed by atoms with Crippen molar-refractivity contribution in [2.24, 2.45) is 0 Å². The first-order chi connectivity index (χ1) is 6.22. The minimum Gasteiger partial charge on any atom is -0.427 e. The number of carbonyl (C=O) groups excluding carboxylic acids is 1. The van der Waals surface area contributed by atoms with Crippen molar-refractivity contribution in [1.29, 1.82) is 0 Å². The van der Waals surface area contributed by atoms with Gasteiger partial charge in [-0.1, -0.05) is 22.9 Å².